The Kier molecular flexibility index (Phi) is 8.35. The summed E-state index contributed by atoms with van der Waals surface area (Å²) in [6, 6.07) is 16.8. The molecule has 0 amide bonds. The van der Waals surface area contributed by atoms with E-state index in [0.29, 0.717) is 27.1 Å². The summed E-state index contributed by atoms with van der Waals surface area (Å²) in [5.74, 6) is -0.836. The molecule has 42 heavy (non-hydrogen) atoms. The maximum atomic E-state index is 14.6. The predicted octanol–water partition coefficient (Wildman–Crippen LogP) is 7.32. The molecule has 0 aliphatic carbocycles. The number of methoxy groups -OCH3 is 1. The van der Waals surface area contributed by atoms with Crippen LogP contribution in [0.5, 0.6) is 11.6 Å². The van der Waals surface area contributed by atoms with Crippen molar-refractivity contribution in [3.8, 4) is 33.9 Å². The minimum absolute atomic E-state index is 0.140. The van der Waals surface area contributed by atoms with Gasteiger partial charge in [-0.05, 0) is 52.9 Å². The Morgan fingerprint density at radius 3 is 2.50 bits per heavy atom. The van der Waals surface area contributed by atoms with Crippen LogP contribution < -0.4 is 15.2 Å². The Hall–Kier alpha value is -4.19. The zero-order valence-corrected chi connectivity index (χ0v) is 23.5. The van der Waals surface area contributed by atoms with Gasteiger partial charge in [0, 0.05) is 21.5 Å². The number of aliphatic carboxylic acids is 1. The van der Waals surface area contributed by atoms with E-state index >= 15 is 0 Å². The third kappa shape index (κ3) is 6.18. The lowest BCUT2D eigenvalue weighted by Gasteiger charge is -2.24. The summed E-state index contributed by atoms with van der Waals surface area (Å²) in [5.41, 5.74) is 8.76. The highest BCUT2D eigenvalue weighted by molar-refractivity contribution is 7.18. The number of nitrogens with two attached hydrogens (primary N) is 1. The third-order valence-corrected chi connectivity index (χ3v) is 7.76. The summed E-state index contributed by atoms with van der Waals surface area (Å²) < 4.78 is 55.1. The average Bonchev–Trinajstić information content (AvgIpc) is 3.41. The predicted molar refractivity (Wildman–Crippen MR) is 155 cm³/mol. The summed E-state index contributed by atoms with van der Waals surface area (Å²) in [7, 11) is 1.47. The molecule has 0 bridgehead atoms. The Labute approximate surface area is 247 Å². The molecule has 0 spiro atoms. The van der Waals surface area contributed by atoms with Gasteiger partial charge >= 0.3 is 12.1 Å². The van der Waals surface area contributed by atoms with E-state index in [4.69, 9.17) is 31.9 Å². The number of carboxylic acid groups (broad SMARTS) is 1. The monoisotopic (exact) mass is 613 g/mol. The number of halogens is 4. The number of hydrogen-bond donors (Lipinski definition) is 2. The van der Waals surface area contributed by atoms with Gasteiger partial charge in [0.1, 0.15) is 22.8 Å². The summed E-state index contributed by atoms with van der Waals surface area (Å²) >= 11 is 7.36. The van der Waals surface area contributed by atoms with Gasteiger partial charge in [-0.2, -0.15) is 13.2 Å². The number of nitrogens with zero attached hydrogens (tertiary/aromatic N) is 2. The molecule has 0 aliphatic heterocycles. The van der Waals surface area contributed by atoms with E-state index in [-0.39, 0.29) is 28.5 Å². The maximum Gasteiger partial charge on any atom is 0.429 e. The fourth-order valence-electron chi connectivity index (χ4n) is 4.50. The summed E-state index contributed by atoms with van der Waals surface area (Å²) in [5, 5.41) is 11.1. The molecule has 0 fully saturated rings. The van der Waals surface area contributed by atoms with E-state index in [0.717, 1.165) is 28.8 Å². The van der Waals surface area contributed by atoms with Gasteiger partial charge in [-0.25, -0.2) is 9.97 Å². The van der Waals surface area contributed by atoms with Crippen LogP contribution in [0.1, 0.15) is 17.2 Å². The van der Waals surface area contributed by atoms with Gasteiger partial charge in [0.05, 0.1) is 12.6 Å². The number of carbonyl (C=O) groups is 1. The average molecular weight is 614 g/mol. The van der Waals surface area contributed by atoms with Crippen LogP contribution in [0.3, 0.4) is 0 Å². The first-order chi connectivity index (χ1) is 20.0. The van der Waals surface area contributed by atoms with E-state index in [2.05, 4.69) is 9.97 Å². The molecule has 3 aromatic carbocycles. The van der Waals surface area contributed by atoms with Crippen LogP contribution >= 0.6 is 22.9 Å². The number of hydrogen-bond acceptors (Lipinski definition) is 7. The van der Waals surface area contributed by atoms with Crippen LogP contribution in [-0.4, -0.2) is 40.4 Å². The molecule has 2 aromatic heterocycles. The lowest BCUT2D eigenvalue weighted by molar-refractivity contribution is -0.198. The fraction of sp³-hybridized carbons (Fsp3) is 0.167. The fourth-order valence-corrected chi connectivity index (χ4v) is 5.63. The van der Waals surface area contributed by atoms with E-state index < -0.39 is 24.3 Å². The molecule has 0 saturated heterocycles. The normalized spacial score (nSPS) is 13.1. The van der Waals surface area contributed by atoms with E-state index in [1.54, 1.807) is 53.9 Å². The van der Waals surface area contributed by atoms with E-state index in [9.17, 15) is 18.0 Å². The first-order valence-electron chi connectivity index (χ1n) is 12.5. The lowest BCUT2D eigenvalue weighted by atomic mass is 9.95. The molecular formula is C30H23ClF3N3O4S. The van der Waals surface area contributed by atoms with Gasteiger partial charge < -0.3 is 20.3 Å². The molecule has 216 valence electrons. The van der Waals surface area contributed by atoms with Gasteiger partial charge in [-0.3, -0.25) is 4.79 Å². The third-order valence-electron chi connectivity index (χ3n) is 6.56. The molecule has 12 heteroatoms. The van der Waals surface area contributed by atoms with Crippen LogP contribution in [0.15, 0.2) is 78.4 Å². The van der Waals surface area contributed by atoms with Crippen LogP contribution in [0.25, 0.3) is 32.5 Å². The number of rotatable bonds is 9. The van der Waals surface area contributed by atoms with Crippen LogP contribution in [0.4, 0.5) is 13.2 Å². The Bertz CT molecular complexity index is 1740. The van der Waals surface area contributed by atoms with Crippen molar-refractivity contribution in [3.05, 3.63) is 94.6 Å². The molecule has 5 aromatic rings. The standard InChI is InChI=1S/C30H23ClF3N3O4S/c1-40-20-4-2-3-18(12-20)22-13-19(31)9-10-21(22)27(30(32,33)34)41-28-26-25(36-15-37-28)23(14-42-26)17-7-5-16(6-8-17)11-24(35)29(38)39/h2-10,12-15,24,27H,11,35H2,1H3,(H,38,39)/t24-,27?/m0/s1. The molecule has 2 atom stereocenters. The molecule has 7 nitrogen and oxygen atoms in total. The molecule has 2 heterocycles. The molecule has 0 saturated carbocycles. The highest BCUT2D eigenvalue weighted by Crippen LogP contribution is 2.44. The topological polar surface area (TPSA) is 108 Å². The van der Waals surface area contributed by atoms with Crippen LogP contribution in [0.2, 0.25) is 5.02 Å². The molecule has 1 unspecified atom stereocenters. The molecule has 0 aliphatic rings. The maximum absolute atomic E-state index is 14.6. The summed E-state index contributed by atoms with van der Waals surface area (Å²) in [6.45, 7) is 0. The van der Waals surface area contributed by atoms with Crippen molar-refractivity contribution in [1.29, 1.82) is 0 Å². The van der Waals surface area contributed by atoms with Crippen molar-refractivity contribution < 1.29 is 32.5 Å². The zero-order valence-electron chi connectivity index (χ0n) is 21.9. The smallest absolute Gasteiger partial charge is 0.429 e. The lowest BCUT2D eigenvalue weighted by Crippen LogP contribution is -2.32. The summed E-state index contributed by atoms with van der Waals surface area (Å²) in [4.78, 5) is 19.4. The number of carboxylic acids is 1. The van der Waals surface area contributed by atoms with Gasteiger partial charge in [0.15, 0.2) is 0 Å². The Morgan fingerprint density at radius 2 is 1.81 bits per heavy atom. The summed E-state index contributed by atoms with van der Waals surface area (Å²) in [6.07, 6.45) is -5.85. The SMILES string of the molecule is COc1cccc(-c2cc(Cl)ccc2C(Oc2ncnc3c(-c4ccc(C[C@H](N)C(=O)O)cc4)csc23)C(F)(F)F)c1. The number of aromatic nitrogens is 2. The minimum Gasteiger partial charge on any atom is -0.497 e. The van der Waals surface area contributed by atoms with Gasteiger partial charge in [0.25, 0.3) is 0 Å². The van der Waals surface area contributed by atoms with Crippen molar-refractivity contribution >= 4 is 39.1 Å². The number of ether oxygens (including phenoxy) is 2. The highest BCUT2D eigenvalue weighted by Gasteiger charge is 2.45. The second-order valence-electron chi connectivity index (χ2n) is 9.35. The van der Waals surface area contributed by atoms with Crippen LogP contribution in [-0.2, 0) is 11.2 Å². The van der Waals surface area contributed by atoms with Crippen LogP contribution in [0, 0.1) is 0 Å². The first-order valence-corrected chi connectivity index (χ1v) is 13.8. The minimum atomic E-state index is -4.80. The van der Waals surface area contributed by atoms with E-state index in [1.165, 1.54) is 25.3 Å². The molecule has 3 N–H and O–H groups in total. The van der Waals surface area contributed by atoms with E-state index in [1.807, 2.05) is 0 Å². The van der Waals surface area contributed by atoms with Crippen molar-refractivity contribution in [3.63, 3.8) is 0 Å². The molecule has 0 radical (unpaired) electrons. The Morgan fingerprint density at radius 1 is 1.05 bits per heavy atom. The number of thiophene rings is 1. The first kappa shape index (κ1) is 29.3. The number of fused-ring (bicyclic) bond motifs is 1. The van der Waals surface area contributed by atoms with Crippen molar-refractivity contribution in [2.75, 3.05) is 7.11 Å². The Balaban J connectivity index is 1.52. The van der Waals surface area contributed by atoms with Gasteiger partial charge in [0.2, 0.25) is 12.0 Å². The van der Waals surface area contributed by atoms with Gasteiger partial charge in [-0.15, -0.1) is 11.3 Å². The largest absolute Gasteiger partial charge is 0.497 e. The highest BCUT2D eigenvalue weighted by atomic mass is 35.5. The van der Waals surface area contributed by atoms with Crippen molar-refractivity contribution in [2.24, 2.45) is 5.73 Å². The quantitative estimate of drug-likeness (QED) is 0.179. The van der Waals surface area contributed by atoms with Gasteiger partial charge in [-0.1, -0.05) is 54.1 Å². The van der Waals surface area contributed by atoms with Crippen molar-refractivity contribution in [1.82, 2.24) is 9.97 Å². The second-order valence-corrected chi connectivity index (χ2v) is 10.7. The second kappa shape index (κ2) is 12.0. The van der Waals surface area contributed by atoms with Crippen molar-refractivity contribution in [2.45, 2.75) is 24.7 Å². The molecular weight excluding hydrogens is 591 g/mol. The number of benzene rings is 3. The zero-order chi connectivity index (χ0) is 30.0. The molecule has 5 rings (SSSR count). The number of alkyl halides is 3.